The lowest BCUT2D eigenvalue weighted by Gasteiger charge is -2.32. The van der Waals surface area contributed by atoms with Crippen molar-refractivity contribution >= 4 is 23.2 Å². The molecule has 3 aromatic rings. The molecule has 1 heterocycles. The number of carbonyl (C=O) groups excluding carboxylic acids is 2. The summed E-state index contributed by atoms with van der Waals surface area (Å²) in [5.74, 6) is -1.62. The number of fused-ring (bicyclic) bond motifs is 1. The predicted octanol–water partition coefficient (Wildman–Crippen LogP) is 6.68. The van der Waals surface area contributed by atoms with E-state index < -0.39 is 40.9 Å². The first-order chi connectivity index (χ1) is 18.2. The van der Waals surface area contributed by atoms with E-state index in [-0.39, 0.29) is 23.4 Å². The minimum atomic E-state index is -5.09. The molecule has 39 heavy (non-hydrogen) atoms. The van der Waals surface area contributed by atoms with Gasteiger partial charge in [-0.25, -0.2) is 0 Å². The Bertz CT molecular complexity index is 1370. The Balaban J connectivity index is 1.67. The largest absolute Gasteiger partial charge is 0.416 e. The molecule has 11 heteroatoms. The van der Waals surface area contributed by atoms with E-state index >= 15 is 0 Å². The molecule has 206 valence electrons. The fourth-order valence-electron chi connectivity index (χ4n) is 4.40. The Labute approximate surface area is 220 Å². The summed E-state index contributed by atoms with van der Waals surface area (Å²) in [7, 11) is 0. The van der Waals surface area contributed by atoms with E-state index in [1.807, 2.05) is 29.2 Å². The van der Waals surface area contributed by atoms with Crippen molar-refractivity contribution in [2.45, 2.75) is 45.2 Å². The number of carbonyl (C=O) groups is 2. The van der Waals surface area contributed by atoms with Gasteiger partial charge in [-0.15, -0.1) is 0 Å². The highest BCUT2D eigenvalue weighted by molar-refractivity contribution is 6.06. The lowest BCUT2D eigenvalue weighted by Crippen LogP contribution is -2.35. The molecule has 0 bridgehead atoms. The minimum absolute atomic E-state index is 0.0426. The molecule has 0 atom stereocenters. The van der Waals surface area contributed by atoms with Crippen LogP contribution >= 0.6 is 0 Å². The zero-order valence-corrected chi connectivity index (χ0v) is 21.0. The second kappa shape index (κ2) is 10.6. The van der Waals surface area contributed by atoms with Crippen molar-refractivity contribution in [2.75, 3.05) is 16.8 Å². The van der Waals surface area contributed by atoms with Gasteiger partial charge < -0.3 is 15.5 Å². The highest BCUT2D eigenvalue weighted by Gasteiger charge is 2.37. The second-order valence-electron chi connectivity index (χ2n) is 9.55. The maximum atomic E-state index is 13.2. The number of hydrogen-bond donors (Lipinski definition) is 2. The third kappa shape index (κ3) is 6.52. The monoisotopic (exact) mass is 549 g/mol. The van der Waals surface area contributed by atoms with E-state index in [1.54, 1.807) is 19.9 Å². The van der Waals surface area contributed by atoms with Gasteiger partial charge in [0.05, 0.1) is 16.7 Å². The average Bonchev–Trinajstić information content (AvgIpc) is 2.86. The molecule has 0 spiro atoms. The number of anilines is 2. The number of benzene rings is 3. The molecule has 2 N–H and O–H groups in total. The Hall–Kier alpha value is -4.02. The fraction of sp³-hybridized carbons (Fsp3) is 0.286. The van der Waals surface area contributed by atoms with Gasteiger partial charge in [-0.3, -0.25) is 9.59 Å². The number of amides is 2. The van der Waals surface area contributed by atoms with Gasteiger partial charge in [-0.2, -0.15) is 26.3 Å². The normalized spacial score (nSPS) is 13.7. The highest BCUT2D eigenvalue weighted by atomic mass is 19.4. The zero-order valence-electron chi connectivity index (χ0n) is 21.0. The summed E-state index contributed by atoms with van der Waals surface area (Å²) in [5, 5.41) is 5.13. The summed E-state index contributed by atoms with van der Waals surface area (Å²) in [4.78, 5) is 27.9. The summed E-state index contributed by atoms with van der Waals surface area (Å²) < 4.78 is 79.4. The maximum absolute atomic E-state index is 13.2. The van der Waals surface area contributed by atoms with E-state index in [1.165, 1.54) is 17.7 Å². The number of alkyl halides is 6. The summed E-state index contributed by atoms with van der Waals surface area (Å²) in [6.45, 7) is 4.70. The average molecular weight is 550 g/mol. The molecule has 0 saturated heterocycles. The van der Waals surface area contributed by atoms with Crippen molar-refractivity contribution in [2.24, 2.45) is 0 Å². The first-order valence-corrected chi connectivity index (χ1v) is 12.1. The lowest BCUT2D eigenvalue weighted by molar-refractivity contribution is -0.143. The molecule has 1 aliphatic rings. The van der Waals surface area contributed by atoms with E-state index in [0.717, 1.165) is 12.0 Å². The summed E-state index contributed by atoms with van der Waals surface area (Å²) in [6, 6.07) is 12.8. The van der Waals surface area contributed by atoms with Crippen LogP contribution in [-0.2, 0) is 25.3 Å². The number of nitrogens with zero attached hydrogens (tertiary/aromatic N) is 1. The fourth-order valence-corrected chi connectivity index (χ4v) is 4.40. The molecule has 3 aromatic carbocycles. The Morgan fingerprint density at radius 1 is 0.821 bits per heavy atom. The van der Waals surface area contributed by atoms with Gasteiger partial charge in [0, 0.05) is 36.1 Å². The van der Waals surface area contributed by atoms with Crippen LogP contribution in [-0.4, -0.2) is 24.4 Å². The number of rotatable bonds is 5. The molecule has 0 aliphatic carbocycles. The van der Waals surface area contributed by atoms with E-state index in [9.17, 15) is 35.9 Å². The topological polar surface area (TPSA) is 61.4 Å². The minimum Gasteiger partial charge on any atom is -0.366 e. The van der Waals surface area contributed by atoms with Gasteiger partial charge in [-0.1, -0.05) is 24.3 Å². The standard InChI is InChI=1S/C28H25F6N3O2/c1-16(2)35-26(39)23-14-22(7-8-24(23)37-10-9-17-5-3-4-6-18(17)15-37)36-25(38)19-11-20(27(29,30)31)13-21(12-19)28(32,33)34/h3-8,11-14,16H,9-10,15H2,1-2H3,(H,35,39)(H,36,38). The SMILES string of the molecule is CC(C)NC(=O)c1cc(NC(=O)c2cc(C(F)(F)F)cc(C(F)(F)F)c2)ccc1N1CCc2ccccc2C1. The first-order valence-electron chi connectivity index (χ1n) is 12.1. The summed E-state index contributed by atoms with van der Waals surface area (Å²) in [6.07, 6.45) is -9.43. The van der Waals surface area contributed by atoms with Crippen molar-refractivity contribution in [3.05, 3.63) is 94.0 Å². The van der Waals surface area contributed by atoms with Crippen LogP contribution in [0.15, 0.2) is 60.7 Å². The molecule has 0 saturated carbocycles. The predicted molar refractivity (Wildman–Crippen MR) is 135 cm³/mol. The van der Waals surface area contributed by atoms with E-state index in [0.29, 0.717) is 30.9 Å². The van der Waals surface area contributed by atoms with Crippen LogP contribution in [0.4, 0.5) is 37.7 Å². The van der Waals surface area contributed by atoms with Crippen LogP contribution in [0.2, 0.25) is 0 Å². The van der Waals surface area contributed by atoms with Crippen LogP contribution in [0.5, 0.6) is 0 Å². The second-order valence-corrected chi connectivity index (χ2v) is 9.55. The van der Waals surface area contributed by atoms with Crippen LogP contribution < -0.4 is 15.5 Å². The van der Waals surface area contributed by atoms with Crippen molar-refractivity contribution in [3.8, 4) is 0 Å². The summed E-state index contributed by atoms with van der Waals surface area (Å²) >= 11 is 0. The molecular formula is C28H25F6N3O2. The highest BCUT2D eigenvalue weighted by Crippen LogP contribution is 2.37. The van der Waals surface area contributed by atoms with Gasteiger partial charge in [0.2, 0.25) is 0 Å². The van der Waals surface area contributed by atoms with Gasteiger partial charge in [0.1, 0.15) is 0 Å². The van der Waals surface area contributed by atoms with Gasteiger partial charge in [0.25, 0.3) is 11.8 Å². The Kier molecular flexibility index (Phi) is 7.63. The first kappa shape index (κ1) is 28.0. The summed E-state index contributed by atoms with van der Waals surface area (Å²) in [5.41, 5.74) is -0.880. The molecule has 0 radical (unpaired) electrons. The van der Waals surface area contributed by atoms with Crippen molar-refractivity contribution < 1.29 is 35.9 Å². The van der Waals surface area contributed by atoms with Crippen LogP contribution in [0, 0.1) is 0 Å². The maximum Gasteiger partial charge on any atom is 0.416 e. The van der Waals surface area contributed by atoms with Gasteiger partial charge in [-0.05, 0) is 67.8 Å². The number of hydrogen-bond acceptors (Lipinski definition) is 3. The van der Waals surface area contributed by atoms with Crippen LogP contribution in [0.1, 0.15) is 56.8 Å². The Morgan fingerprint density at radius 2 is 1.44 bits per heavy atom. The molecule has 0 aromatic heterocycles. The molecule has 0 unspecified atom stereocenters. The molecule has 1 aliphatic heterocycles. The van der Waals surface area contributed by atoms with E-state index in [4.69, 9.17) is 0 Å². The third-order valence-corrected chi connectivity index (χ3v) is 6.24. The molecule has 5 nitrogen and oxygen atoms in total. The molecule has 2 amide bonds. The van der Waals surface area contributed by atoms with Gasteiger partial charge >= 0.3 is 12.4 Å². The van der Waals surface area contributed by atoms with Crippen LogP contribution in [0.3, 0.4) is 0 Å². The molecular weight excluding hydrogens is 524 g/mol. The quantitative estimate of drug-likeness (QED) is 0.349. The smallest absolute Gasteiger partial charge is 0.366 e. The Morgan fingerprint density at radius 3 is 2.03 bits per heavy atom. The van der Waals surface area contributed by atoms with E-state index in [2.05, 4.69) is 10.6 Å². The number of nitrogens with one attached hydrogen (secondary N) is 2. The number of halogens is 6. The van der Waals surface area contributed by atoms with Gasteiger partial charge in [0.15, 0.2) is 0 Å². The van der Waals surface area contributed by atoms with Crippen molar-refractivity contribution in [1.29, 1.82) is 0 Å². The third-order valence-electron chi connectivity index (χ3n) is 6.24. The molecule has 4 rings (SSSR count). The van der Waals surface area contributed by atoms with Crippen molar-refractivity contribution in [1.82, 2.24) is 5.32 Å². The molecule has 0 fully saturated rings. The van der Waals surface area contributed by atoms with Crippen LogP contribution in [0.25, 0.3) is 0 Å². The van der Waals surface area contributed by atoms with Crippen molar-refractivity contribution in [3.63, 3.8) is 0 Å². The zero-order chi connectivity index (χ0) is 28.5. The lowest BCUT2D eigenvalue weighted by atomic mass is 9.98.